The van der Waals surface area contributed by atoms with E-state index in [1.165, 1.54) is 0 Å². The second-order valence-electron chi connectivity index (χ2n) is 3.89. The van der Waals surface area contributed by atoms with Crippen molar-refractivity contribution in [2.45, 2.75) is 39.5 Å². The van der Waals surface area contributed by atoms with E-state index in [-0.39, 0.29) is 23.0 Å². The highest BCUT2D eigenvalue weighted by atomic mass is 32.2. The summed E-state index contributed by atoms with van der Waals surface area (Å²) in [5, 5.41) is 0. The quantitative estimate of drug-likeness (QED) is 0.594. The lowest BCUT2D eigenvalue weighted by molar-refractivity contribution is 0.583. The second-order valence-corrected chi connectivity index (χ2v) is 8.83. The zero-order chi connectivity index (χ0) is 12.7. The number of sulfone groups is 2. The van der Waals surface area contributed by atoms with Gasteiger partial charge in [0.1, 0.15) is 19.7 Å². The van der Waals surface area contributed by atoms with Crippen LogP contribution in [0, 0.1) is 0 Å². The van der Waals surface area contributed by atoms with E-state index in [0.717, 1.165) is 12.8 Å². The van der Waals surface area contributed by atoms with Gasteiger partial charge in [-0.1, -0.05) is 26.7 Å². The van der Waals surface area contributed by atoms with Crippen LogP contribution in [0.5, 0.6) is 0 Å². The van der Waals surface area contributed by atoms with Gasteiger partial charge in [0, 0.05) is 11.5 Å². The maximum Gasteiger partial charge on any atom is 0.150 e. The molecule has 0 N–H and O–H groups in total. The van der Waals surface area contributed by atoms with E-state index < -0.39 is 19.7 Å². The van der Waals surface area contributed by atoms with Crippen LogP contribution in [0.15, 0.2) is 0 Å². The predicted molar refractivity (Wildman–Crippen MR) is 67.1 cm³/mol. The topological polar surface area (TPSA) is 68.3 Å². The van der Waals surface area contributed by atoms with Crippen molar-refractivity contribution in [3.05, 3.63) is 0 Å². The molecule has 0 aliphatic rings. The molecule has 0 bridgehead atoms. The molecule has 0 saturated heterocycles. The van der Waals surface area contributed by atoms with E-state index in [1.54, 1.807) is 13.8 Å². The van der Waals surface area contributed by atoms with E-state index in [2.05, 4.69) is 0 Å². The third-order valence-electron chi connectivity index (χ3n) is 2.54. The zero-order valence-corrected chi connectivity index (χ0v) is 11.7. The molecule has 0 amide bonds. The fraction of sp³-hybridized carbons (Fsp3) is 1.00. The average Bonchev–Trinajstić information content (AvgIpc) is 2.23. The van der Waals surface area contributed by atoms with Crippen molar-refractivity contribution >= 4 is 19.7 Å². The molecule has 0 radical (unpaired) electrons. The fourth-order valence-corrected chi connectivity index (χ4v) is 3.15. The van der Waals surface area contributed by atoms with Crippen LogP contribution in [0.1, 0.15) is 39.5 Å². The number of unbranched alkanes of at least 4 members (excludes halogenated alkanes) is 3. The molecule has 6 heteroatoms. The van der Waals surface area contributed by atoms with Crippen molar-refractivity contribution in [3.8, 4) is 0 Å². The second kappa shape index (κ2) is 7.27. The maximum atomic E-state index is 11.1. The van der Waals surface area contributed by atoms with E-state index in [4.69, 9.17) is 0 Å². The van der Waals surface area contributed by atoms with Crippen LogP contribution in [0.25, 0.3) is 0 Å². The summed E-state index contributed by atoms with van der Waals surface area (Å²) in [4.78, 5) is 0. The van der Waals surface area contributed by atoms with Crippen molar-refractivity contribution in [1.29, 1.82) is 0 Å². The molecule has 4 nitrogen and oxygen atoms in total. The third kappa shape index (κ3) is 8.10. The number of hydrogen-bond acceptors (Lipinski definition) is 4. The molecule has 98 valence electrons. The minimum atomic E-state index is -2.86. The van der Waals surface area contributed by atoms with Gasteiger partial charge in [0.05, 0.1) is 11.5 Å². The average molecular weight is 270 g/mol. The standard InChI is InChI=1S/C10H22O4S2/c1-3-15(11,12)9-7-5-6-8-10-16(13,14)4-2/h3-10H2,1-2H3. The first-order chi connectivity index (χ1) is 7.33. The summed E-state index contributed by atoms with van der Waals surface area (Å²) in [7, 11) is -5.72. The Morgan fingerprint density at radius 1 is 0.625 bits per heavy atom. The smallest absolute Gasteiger partial charge is 0.150 e. The van der Waals surface area contributed by atoms with Gasteiger partial charge < -0.3 is 0 Å². The molecule has 0 aliphatic carbocycles. The molecule has 0 rings (SSSR count). The first-order valence-electron chi connectivity index (χ1n) is 5.74. The lowest BCUT2D eigenvalue weighted by Crippen LogP contribution is -2.10. The molecule has 0 saturated carbocycles. The number of rotatable bonds is 9. The summed E-state index contributed by atoms with van der Waals surface area (Å²) >= 11 is 0. The Morgan fingerprint density at radius 3 is 1.19 bits per heavy atom. The molecule has 0 fully saturated rings. The van der Waals surface area contributed by atoms with Crippen LogP contribution < -0.4 is 0 Å². The summed E-state index contributed by atoms with van der Waals surface area (Å²) < 4.78 is 44.6. The Bertz CT molecular complexity index is 330. The maximum absolute atomic E-state index is 11.1. The first kappa shape index (κ1) is 15.9. The minimum absolute atomic E-state index is 0.192. The Kier molecular flexibility index (Phi) is 7.22. The molecule has 16 heavy (non-hydrogen) atoms. The molecular formula is C10H22O4S2. The summed E-state index contributed by atoms with van der Waals surface area (Å²) in [6.45, 7) is 3.28. The van der Waals surface area contributed by atoms with Crippen LogP contribution in [-0.2, 0) is 19.7 Å². The van der Waals surface area contributed by atoms with Gasteiger partial charge in [-0.3, -0.25) is 0 Å². The summed E-state index contributed by atoms with van der Waals surface area (Å²) in [5.41, 5.74) is 0. The van der Waals surface area contributed by atoms with E-state index in [9.17, 15) is 16.8 Å². The lowest BCUT2D eigenvalue weighted by Gasteiger charge is -2.02. The molecule has 0 unspecified atom stereocenters. The monoisotopic (exact) mass is 270 g/mol. The van der Waals surface area contributed by atoms with Crippen LogP contribution in [-0.4, -0.2) is 39.8 Å². The van der Waals surface area contributed by atoms with Crippen molar-refractivity contribution in [1.82, 2.24) is 0 Å². The van der Waals surface area contributed by atoms with Crippen molar-refractivity contribution < 1.29 is 16.8 Å². The highest BCUT2D eigenvalue weighted by molar-refractivity contribution is 7.91. The van der Waals surface area contributed by atoms with Crippen LogP contribution in [0.4, 0.5) is 0 Å². The van der Waals surface area contributed by atoms with Gasteiger partial charge in [-0.25, -0.2) is 16.8 Å². The molecule has 0 aliphatic heterocycles. The van der Waals surface area contributed by atoms with Crippen molar-refractivity contribution in [2.24, 2.45) is 0 Å². The Balaban J connectivity index is 3.57. The summed E-state index contributed by atoms with van der Waals surface area (Å²) in [6.07, 6.45) is 2.86. The Labute approximate surface area is 99.3 Å². The van der Waals surface area contributed by atoms with Crippen LogP contribution in [0.2, 0.25) is 0 Å². The van der Waals surface area contributed by atoms with Gasteiger partial charge in [-0.2, -0.15) is 0 Å². The Hall–Kier alpha value is -0.100. The Morgan fingerprint density at radius 2 is 0.938 bits per heavy atom. The van der Waals surface area contributed by atoms with Crippen LogP contribution in [0.3, 0.4) is 0 Å². The molecule has 0 spiro atoms. The van der Waals surface area contributed by atoms with Gasteiger partial charge in [0.25, 0.3) is 0 Å². The highest BCUT2D eigenvalue weighted by Gasteiger charge is 2.08. The number of hydrogen-bond donors (Lipinski definition) is 0. The van der Waals surface area contributed by atoms with Gasteiger partial charge in [-0.15, -0.1) is 0 Å². The third-order valence-corrected chi connectivity index (χ3v) is 6.12. The molecule has 0 aromatic carbocycles. The molecule has 0 aromatic heterocycles. The molecule has 0 aromatic rings. The van der Waals surface area contributed by atoms with Crippen molar-refractivity contribution in [2.75, 3.05) is 23.0 Å². The SMILES string of the molecule is CCS(=O)(=O)CCCCCCS(=O)(=O)CC. The molecular weight excluding hydrogens is 248 g/mol. The normalized spacial score (nSPS) is 12.9. The van der Waals surface area contributed by atoms with E-state index >= 15 is 0 Å². The molecule has 0 atom stereocenters. The largest absolute Gasteiger partial charge is 0.229 e. The first-order valence-corrected chi connectivity index (χ1v) is 9.38. The van der Waals surface area contributed by atoms with E-state index in [1.807, 2.05) is 0 Å². The summed E-state index contributed by atoms with van der Waals surface area (Å²) in [6, 6.07) is 0. The fourth-order valence-electron chi connectivity index (χ4n) is 1.29. The van der Waals surface area contributed by atoms with Gasteiger partial charge in [-0.05, 0) is 12.8 Å². The zero-order valence-electron chi connectivity index (χ0n) is 10.1. The predicted octanol–water partition coefficient (Wildman–Crippen LogP) is 1.42. The minimum Gasteiger partial charge on any atom is -0.229 e. The highest BCUT2D eigenvalue weighted by Crippen LogP contribution is 2.05. The van der Waals surface area contributed by atoms with E-state index in [0.29, 0.717) is 12.8 Å². The van der Waals surface area contributed by atoms with Gasteiger partial charge in [0.15, 0.2) is 0 Å². The lowest BCUT2D eigenvalue weighted by atomic mass is 10.2. The summed E-state index contributed by atoms with van der Waals surface area (Å²) in [5.74, 6) is 0.836. The van der Waals surface area contributed by atoms with Gasteiger partial charge in [0.2, 0.25) is 0 Å². The van der Waals surface area contributed by atoms with Gasteiger partial charge >= 0.3 is 0 Å². The van der Waals surface area contributed by atoms with Crippen molar-refractivity contribution in [3.63, 3.8) is 0 Å². The van der Waals surface area contributed by atoms with Crippen LogP contribution >= 0.6 is 0 Å². The molecule has 0 heterocycles.